The van der Waals surface area contributed by atoms with E-state index in [2.05, 4.69) is 18.2 Å². The Morgan fingerprint density at radius 3 is 2.22 bits per heavy atom. The molecule has 110 valence electrons. The van der Waals surface area contributed by atoms with Gasteiger partial charge in [-0.15, -0.1) is 0 Å². The minimum atomic E-state index is -0.0870. The third-order valence-corrected chi connectivity index (χ3v) is 4.24. The van der Waals surface area contributed by atoms with Crippen molar-refractivity contribution in [2.75, 3.05) is 0 Å². The molecule has 4 rings (SSSR count). The lowest BCUT2D eigenvalue weighted by molar-refractivity contribution is 0.0982. The maximum absolute atomic E-state index is 12.6. The van der Waals surface area contributed by atoms with Crippen LogP contribution in [0.3, 0.4) is 0 Å². The highest BCUT2D eigenvalue weighted by atomic mass is 16.1. The summed E-state index contributed by atoms with van der Waals surface area (Å²) in [7, 11) is 0. The van der Waals surface area contributed by atoms with E-state index in [4.69, 9.17) is 0 Å². The van der Waals surface area contributed by atoms with Crippen LogP contribution in [0.5, 0.6) is 0 Å². The Morgan fingerprint density at radius 2 is 1.39 bits per heavy atom. The largest absolute Gasteiger partial charge is 0.289 e. The van der Waals surface area contributed by atoms with Crippen molar-refractivity contribution in [3.8, 4) is 0 Å². The van der Waals surface area contributed by atoms with Crippen LogP contribution >= 0.6 is 0 Å². The molecule has 0 amide bonds. The van der Waals surface area contributed by atoms with Gasteiger partial charge < -0.3 is 0 Å². The fraction of sp³-hybridized carbons (Fsp3) is 0.0476. The lowest BCUT2D eigenvalue weighted by Crippen LogP contribution is -2.18. The Labute approximate surface area is 134 Å². The number of fused-ring (bicyclic) bond motifs is 2. The molecule has 0 heterocycles. The predicted octanol–water partition coefficient (Wildman–Crippen LogP) is 4.39. The molecule has 0 unspecified atom stereocenters. The highest BCUT2D eigenvalue weighted by Gasteiger charge is 2.24. The molecule has 0 aliphatic heterocycles. The lowest BCUT2D eigenvalue weighted by Gasteiger charge is -2.15. The molecule has 1 aliphatic carbocycles. The quantitative estimate of drug-likeness (QED) is 0.703. The van der Waals surface area contributed by atoms with Crippen LogP contribution < -0.4 is 0 Å². The lowest BCUT2D eigenvalue weighted by atomic mass is 9.86. The fourth-order valence-corrected chi connectivity index (χ4v) is 3.07. The van der Waals surface area contributed by atoms with Gasteiger partial charge in [-0.2, -0.15) is 0 Å². The van der Waals surface area contributed by atoms with Gasteiger partial charge in [-0.05, 0) is 22.4 Å². The van der Waals surface area contributed by atoms with Gasteiger partial charge in [-0.3, -0.25) is 9.59 Å². The second-order valence-corrected chi connectivity index (χ2v) is 5.77. The van der Waals surface area contributed by atoms with Crippen molar-refractivity contribution >= 4 is 22.3 Å². The monoisotopic (exact) mass is 298 g/mol. The number of ketones is 2. The van der Waals surface area contributed by atoms with Crippen LogP contribution in [0.4, 0.5) is 0 Å². The topological polar surface area (TPSA) is 34.1 Å². The first kappa shape index (κ1) is 13.6. The molecule has 0 fully saturated rings. The molecule has 0 atom stereocenters. The zero-order chi connectivity index (χ0) is 15.8. The van der Waals surface area contributed by atoms with E-state index in [1.807, 2.05) is 24.3 Å². The summed E-state index contributed by atoms with van der Waals surface area (Å²) >= 11 is 0. The van der Waals surface area contributed by atoms with E-state index in [0.717, 1.165) is 10.9 Å². The summed E-state index contributed by atoms with van der Waals surface area (Å²) in [5.41, 5.74) is 2.61. The molecule has 0 bridgehead atoms. The van der Waals surface area contributed by atoms with Crippen molar-refractivity contribution in [2.45, 2.75) is 6.42 Å². The van der Waals surface area contributed by atoms with Gasteiger partial charge >= 0.3 is 0 Å². The molecule has 0 N–H and O–H groups in total. The van der Waals surface area contributed by atoms with Crippen molar-refractivity contribution < 1.29 is 9.59 Å². The van der Waals surface area contributed by atoms with Crippen LogP contribution in [0.15, 0.2) is 78.4 Å². The van der Waals surface area contributed by atoms with E-state index < -0.39 is 0 Å². The molecule has 0 saturated carbocycles. The molecule has 2 heteroatoms. The maximum atomic E-state index is 12.6. The number of carbonyl (C=O) groups excluding carboxylic acids is 2. The highest BCUT2D eigenvalue weighted by molar-refractivity contribution is 6.24. The summed E-state index contributed by atoms with van der Waals surface area (Å²) in [6, 6.07) is 21.3. The Hall–Kier alpha value is -3.00. The molecule has 0 radical (unpaired) electrons. The summed E-state index contributed by atoms with van der Waals surface area (Å²) in [4.78, 5) is 24.8. The van der Waals surface area contributed by atoms with E-state index in [1.54, 1.807) is 24.3 Å². The number of hydrogen-bond donors (Lipinski definition) is 0. The predicted molar refractivity (Wildman–Crippen MR) is 90.8 cm³/mol. The van der Waals surface area contributed by atoms with Crippen LogP contribution in [0, 0.1) is 0 Å². The van der Waals surface area contributed by atoms with E-state index >= 15 is 0 Å². The van der Waals surface area contributed by atoms with Crippen molar-refractivity contribution in [2.24, 2.45) is 0 Å². The second-order valence-electron chi connectivity index (χ2n) is 5.77. The van der Waals surface area contributed by atoms with Gasteiger partial charge in [0.1, 0.15) is 0 Å². The van der Waals surface area contributed by atoms with E-state index in [0.29, 0.717) is 23.1 Å². The number of carbonyl (C=O) groups is 2. The summed E-state index contributed by atoms with van der Waals surface area (Å²) in [5.74, 6) is -0.135. The minimum absolute atomic E-state index is 0.0478. The normalized spacial score (nSPS) is 13.8. The Morgan fingerprint density at radius 1 is 0.696 bits per heavy atom. The summed E-state index contributed by atoms with van der Waals surface area (Å²) in [6.07, 6.45) is 1.96. The third kappa shape index (κ3) is 2.38. The minimum Gasteiger partial charge on any atom is -0.289 e. The van der Waals surface area contributed by atoms with Crippen LogP contribution in [0.2, 0.25) is 0 Å². The Kier molecular flexibility index (Phi) is 3.16. The van der Waals surface area contributed by atoms with Crippen molar-refractivity contribution in [1.29, 1.82) is 0 Å². The molecule has 0 spiro atoms. The summed E-state index contributed by atoms with van der Waals surface area (Å²) in [5, 5.41) is 2.31. The number of rotatable bonds is 2. The molecular weight excluding hydrogens is 284 g/mol. The molecule has 3 aromatic rings. The van der Waals surface area contributed by atoms with Gasteiger partial charge in [-0.25, -0.2) is 0 Å². The van der Waals surface area contributed by atoms with Crippen LogP contribution in [-0.2, 0) is 6.42 Å². The van der Waals surface area contributed by atoms with Crippen LogP contribution in [0.1, 0.15) is 26.3 Å². The van der Waals surface area contributed by atoms with Crippen molar-refractivity contribution in [1.82, 2.24) is 0 Å². The number of hydrogen-bond acceptors (Lipinski definition) is 2. The number of allylic oxidation sites excluding steroid dienone is 2. The zero-order valence-corrected chi connectivity index (χ0v) is 12.5. The molecule has 3 aromatic carbocycles. The average Bonchev–Trinajstić information content (AvgIpc) is 2.59. The van der Waals surface area contributed by atoms with E-state index in [9.17, 15) is 9.59 Å². The van der Waals surface area contributed by atoms with Crippen LogP contribution in [-0.4, -0.2) is 11.6 Å². The van der Waals surface area contributed by atoms with Gasteiger partial charge in [0.05, 0.1) is 0 Å². The average molecular weight is 298 g/mol. The van der Waals surface area contributed by atoms with Gasteiger partial charge in [0, 0.05) is 23.1 Å². The smallest absolute Gasteiger partial charge is 0.190 e. The number of benzene rings is 3. The van der Waals surface area contributed by atoms with E-state index in [1.165, 1.54) is 11.5 Å². The Bertz CT molecular complexity index is 980. The first-order valence-corrected chi connectivity index (χ1v) is 7.59. The van der Waals surface area contributed by atoms with Gasteiger partial charge in [0.25, 0.3) is 0 Å². The second kappa shape index (κ2) is 5.33. The molecular formula is C21H14O2. The Balaban J connectivity index is 1.71. The standard InChI is InChI=1S/C21H14O2/c22-20-13-17(21(23)19-8-4-3-7-18(19)20)12-14-9-10-15-5-1-2-6-16(15)11-14/h1-11,13H,12H2. The van der Waals surface area contributed by atoms with Gasteiger partial charge in [0.15, 0.2) is 11.6 Å². The molecule has 0 aromatic heterocycles. The van der Waals surface area contributed by atoms with Crippen molar-refractivity contribution in [3.63, 3.8) is 0 Å². The van der Waals surface area contributed by atoms with Gasteiger partial charge in [0.2, 0.25) is 0 Å². The molecule has 2 nitrogen and oxygen atoms in total. The van der Waals surface area contributed by atoms with E-state index in [-0.39, 0.29) is 11.6 Å². The zero-order valence-electron chi connectivity index (χ0n) is 12.5. The third-order valence-electron chi connectivity index (χ3n) is 4.24. The first-order chi connectivity index (χ1) is 11.2. The number of Topliss-reactive ketones (excluding diaryl/α,β-unsaturated/α-hetero) is 1. The highest BCUT2D eigenvalue weighted by Crippen LogP contribution is 2.25. The fourth-order valence-electron chi connectivity index (χ4n) is 3.07. The molecule has 1 aliphatic rings. The molecule has 23 heavy (non-hydrogen) atoms. The van der Waals surface area contributed by atoms with Gasteiger partial charge in [-0.1, -0.05) is 66.7 Å². The maximum Gasteiger partial charge on any atom is 0.190 e. The summed E-state index contributed by atoms with van der Waals surface area (Å²) < 4.78 is 0. The SMILES string of the molecule is O=C1C=C(Cc2ccc3ccccc3c2)C(=O)c2ccccc21. The summed E-state index contributed by atoms with van der Waals surface area (Å²) in [6.45, 7) is 0. The first-order valence-electron chi connectivity index (χ1n) is 7.59. The molecule has 0 saturated heterocycles. The van der Waals surface area contributed by atoms with Crippen LogP contribution in [0.25, 0.3) is 10.8 Å². The van der Waals surface area contributed by atoms with Crippen molar-refractivity contribution in [3.05, 3.63) is 95.1 Å².